The molecule has 0 bridgehead atoms. The van der Waals surface area contributed by atoms with E-state index in [0.29, 0.717) is 10.6 Å². The molecule has 0 saturated heterocycles. The number of nitrogens with one attached hydrogen (secondary N) is 1. The smallest absolute Gasteiger partial charge is 0.141 e. The normalized spacial score (nSPS) is 11.7. The number of hydrogen-bond acceptors (Lipinski definition) is 3. The van der Waals surface area contributed by atoms with Crippen molar-refractivity contribution < 1.29 is 4.39 Å². The fraction of sp³-hybridized carbons (Fsp3) is 0.143. The zero-order chi connectivity index (χ0) is 13.8. The number of nitriles is 1. The Kier molecular flexibility index (Phi) is 3.98. The highest BCUT2D eigenvalue weighted by molar-refractivity contribution is 6.31. The standard InChI is InChI=1S/C14H11ClFN3/c1-9(11-4-12(16)8-18-7-11)19-13-2-3-14(15)10(5-13)6-17/h2-5,7-9,19H,1H3. The molecule has 0 spiro atoms. The molecule has 1 N–H and O–H groups in total. The van der Waals surface area contributed by atoms with Crippen LogP contribution in [0.1, 0.15) is 24.1 Å². The van der Waals surface area contributed by atoms with Gasteiger partial charge in [0, 0.05) is 11.9 Å². The summed E-state index contributed by atoms with van der Waals surface area (Å²) in [6, 6.07) is 8.39. The molecule has 0 aliphatic heterocycles. The predicted octanol–water partition coefficient (Wildman–Crippen LogP) is 3.92. The van der Waals surface area contributed by atoms with Gasteiger partial charge in [-0.15, -0.1) is 0 Å². The second-order valence-corrected chi connectivity index (χ2v) is 4.52. The first-order chi connectivity index (χ1) is 9.10. The zero-order valence-corrected chi connectivity index (χ0v) is 10.9. The van der Waals surface area contributed by atoms with E-state index in [1.54, 1.807) is 24.4 Å². The summed E-state index contributed by atoms with van der Waals surface area (Å²) in [6.07, 6.45) is 2.76. The van der Waals surface area contributed by atoms with Gasteiger partial charge < -0.3 is 5.32 Å². The van der Waals surface area contributed by atoms with Gasteiger partial charge in [0.1, 0.15) is 11.9 Å². The summed E-state index contributed by atoms with van der Waals surface area (Å²) in [4.78, 5) is 3.81. The first-order valence-electron chi connectivity index (χ1n) is 5.67. The summed E-state index contributed by atoms with van der Waals surface area (Å²) in [6.45, 7) is 1.89. The Morgan fingerprint density at radius 2 is 2.16 bits per heavy atom. The fourth-order valence-electron chi connectivity index (χ4n) is 1.70. The molecule has 0 fully saturated rings. The van der Waals surface area contributed by atoms with E-state index in [4.69, 9.17) is 16.9 Å². The number of hydrogen-bond donors (Lipinski definition) is 1. The van der Waals surface area contributed by atoms with Crippen LogP contribution in [0.5, 0.6) is 0 Å². The number of rotatable bonds is 3. The van der Waals surface area contributed by atoms with Gasteiger partial charge in [-0.05, 0) is 36.8 Å². The van der Waals surface area contributed by atoms with Gasteiger partial charge in [0.05, 0.1) is 22.8 Å². The van der Waals surface area contributed by atoms with Crippen LogP contribution in [0.15, 0.2) is 36.7 Å². The van der Waals surface area contributed by atoms with Crippen molar-refractivity contribution in [3.05, 3.63) is 58.6 Å². The van der Waals surface area contributed by atoms with Gasteiger partial charge in [-0.2, -0.15) is 5.26 Å². The summed E-state index contributed by atoms with van der Waals surface area (Å²) < 4.78 is 13.1. The number of anilines is 1. The van der Waals surface area contributed by atoms with Crippen molar-refractivity contribution in [1.82, 2.24) is 4.98 Å². The van der Waals surface area contributed by atoms with Crippen molar-refractivity contribution in [2.45, 2.75) is 13.0 Å². The summed E-state index contributed by atoms with van der Waals surface area (Å²) >= 11 is 5.86. The van der Waals surface area contributed by atoms with Gasteiger partial charge in [0.25, 0.3) is 0 Å². The van der Waals surface area contributed by atoms with Crippen LogP contribution in [-0.2, 0) is 0 Å². The Balaban J connectivity index is 2.20. The van der Waals surface area contributed by atoms with Crippen LogP contribution in [0.2, 0.25) is 5.02 Å². The van der Waals surface area contributed by atoms with Crippen molar-refractivity contribution >= 4 is 17.3 Å². The van der Waals surface area contributed by atoms with E-state index >= 15 is 0 Å². The summed E-state index contributed by atoms with van der Waals surface area (Å²) in [5.41, 5.74) is 1.88. The van der Waals surface area contributed by atoms with Crippen LogP contribution in [0.25, 0.3) is 0 Å². The van der Waals surface area contributed by atoms with Crippen molar-refractivity contribution in [2.75, 3.05) is 5.32 Å². The van der Waals surface area contributed by atoms with Gasteiger partial charge in [0.15, 0.2) is 0 Å². The number of halogens is 2. The number of pyridine rings is 1. The molecule has 19 heavy (non-hydrogen) atoms. The molecule has 5 heteroatoms. The van der Waals surface area contributed by atoms with Crippen LogP contribution in [-0.4, -0.2) is 4.98 Å². The molecule has 1 aromatic heterocycles. The van der Waals surface area contributed by atoms with Gasteiger partial charge >= 0.3 is 0 Å². The predicted molar refractivity (Wildman–Crippen MR) is 72.4 cm³/mol. The second kappa shape index (κ2) is 5.68. The summed E-state index contributed by atoms with van der Waals surface area (Å²) in [5.74, 6) is -0.375. The minimum Gasteiger partial charge on any atom is -0.378 e. The molecule has 1 atom stereocenters. The Morgan fingerprint density at radius 3 is 2.84 bits per heavy atom. The van der Waals surface area contributed by atoms with E-state index in [1.807, 2.05) is 13.0 Å². The average Bonchev–Trinajstić information content (AvgIpc) is 2.41. The minimum atomic E-state index is -0.375. The molecular formula is C14H11ClFN3. The highest BCUT2D eigenvalue weighted by atomic mass is 35.5. The molecule has 0 saturated carbocycles. The van der Waals surface area contributed by atoms with E-state index in [-0.39, 0.29) is 11.9 Å². The Bertz CT molecular complexity index is 637. The van der Waals surface area contributed by atoms with Crippen molar-refractivity contribution in [3.8, 4) is 6.07 Å². The lowest BCUT2D eigenvalue weighted by molar-refractivity contribution is 0.616. The van der Waals surface area contributed by atoms with Crippen LogP contribution >= 0.6 is 11.6 Å². The topological polar surface area (TPSA) is 48.7 Å². The van der Waals surface area contributed by atoms with Crippen molar-refractivity contribution in [1.29, 1.82) is 5.26 Å². The monoisotopic (exact) mass is 275 g/mol. The number of aromatic nitrogens is 1. The largest absolute Gasteiger partial charge is 0.378 e. The molecule has 0 aliphatic carbocycles. The molecule has 0 radical (unpaired) electrons. The highest BCUT2D eigenvalue weighted by Gasteiger charge is 2.08. The molecule has 1 unspecified atom stereocenters. The lowest BCUT2D eigenvalue weighted by Crippen LogP contribution is -2.07. The lowest BCUT2D eigenvalue weighted by atomic mass is 10.1. The van der Waals surface area contributed by atoms with Crippen molar-refractivity contribution in [2.24, 2.45) is 0 Å². The van der Waals surface area contributed by atoms with E-state index < -0.39 is 0 Å². The second-order valence-electron chi connectivity index (χ2n) is 4.11. The van der Waals surface area contributed by atoms with Crippen LogP contribution in [0, 0.1) is 17.1 Å². The van der Waals surface area contributed by atoms with Crippen LogP contribution in [0.3, 0.4) is 0 Å². The SMILES string of the molecule is CC(Nc1ccc(Cl)c(C#N)c1)c1cncc(F)c1. The maximum absolute atomic E-state index is 13.1. The Labute approximate surface area is 115 Å². The van der Waals surface area contributed by atoms with Crippen LogP contribution in [0.4, 0.5) is 10.1 Å². The molecule has 0 aliphatic rings. The molecule has 3 nitrogen and oxygen atoms in total. The average molecular weight is 276 g/mol. The molecule has 2 rings (SSSR count). The van der Waals surface area contributed by atoms with Crippen molar-refractivity contribution in [3.63, 3.8) is 0 Å². The maximum Gasteiger partial charge on any atom is 0.141 e. The third kappa shape index (κ3) is 3.21. The van der Waals surface area contributed by atoms with E-state index in [2.05, 4.69) is 10.3 Å². The van der Waals surface area contributed by atoms with Gasteiger partial charge in [-0.25, -0.2) is 4.39 Å². The molecule has 1 heterocycles. The highest BCUT2D eigenvalue weighted by Crippen LogP contribution is 2.23. The van der Waals surface area contributed by atoms with Crippen LogP contribution < -0.4 is 5.32 Å². The molecular weight excluding hydrogens is 265 g/mol. The summed E-state index contributed by atoms with van der Waals surface area (Å²) in [7, 11) is 0. The maximum atomic E-state index is 13.1. The molecule has 1 aromatic carbocycles. The molecule has 96 valence electrons. The Hall–Kier alpha value is -2.12. The van der Waals surface area contributed by atoms with Gasteiger partial charge in [-0.1, -0.05) is 11.6 Å². The number of benzene rings is 1. The quantitative estimate of drug-likeness (QED) is 0.924. The van der Waals surface area contributed by atoms with Gasteiger partial charge in [0.2, 0.25) is 0 Å². The van der Waals surface area contributed by atoms with Gasteiger partial charge in [-0.3, -0.25) is 4.98 Å². The Morgan fingerprint density at radius 1 is 1.37 bits per heavy atom. The summed E-state index contributed by atoms with van der Waals surface area (Å²) in [5, 5.41) is 12.5. The fourth-order valence-corrected chi connectivity index (χ4v) is 1.86. The first-order valence-corrected chi connectivity index (χ1v) is 6.04. The third-order valence-electron chi connectivity index (χ3n) is 2.70. The first kappa shape index (κ1) is 13.3. The zero-order valence-electron chi connectivity index (χ0n) is 10.2. The lowest BCUT2D eigenvalue weighted by Gasteiger charge is -2.15. The minimum absolute atomic E-state index is 0.129. The van der Waals surface area contributed by atoms with E-state index in [1.165, 1.54) is 6.07 Å². The molecule has 2 aromatic rings. The van der Waals surface area contributed by atoms with E-state index in [0.717, 1.165) is 17.4 Å². The van der Waals surface area contributed by atoms with E-state index in [9.17, 15) is 4.39 Å². The molecule has 0 amide bonds. The third-order valence-corrected chi connectivity index (χ3v) is 3.03. The number of nitrogens with zero attached hydrogens (tertiary/aromatic N) is 2.